The highest BCUT2D eigenvalue weighted by molar-refractivity contribution is 7.86. The summed E-state index contributed by atoms with van der Waals surface area (Å²) < 4.78 is 43.1. The molecule has 1 heterocycles. The molecule has 1 fully saturated rings. The van der Waals surface area contributed by atoms with Gasteiger partial charge in [0.2, 0.25) is 0 Å². The fraction of sp³-hybridized carbons (Fsp3) is 0.625. The molecule has 214 valence electrons. The quantitative estimate of drug-likeness (QED) is 0.154. The van der Waals surface area contributed by atoms with Crippen molar-refractivity contribution in [3.63, 3.8) is 0 Å². The van der Waals surface area contributed by atoms with Gasteiger partial charge in [0.15, 0.2) is 6.29 Å². The minimum atomic E-state index is -3.78. The summed E-state index contributed by atoms with van der Waals surface area (Å²) in [4.78, 5) is 0.213. The van der Waals surface area contributed by atoms with Crippen LogP contribution >= 0.6 is 0 Å². The number of hydrogen-bond acceptors (Lipinski definition) is 5. The van der Waals surface area contributed by atoms with E-state index in [1.165, 1.54) is 11.1 Å². The first kappa shape index (κ1) is 32.5. The second-order valence-electron chi connectivity index (χ2n) is 11.3. The van der Waals surface area contributed by atoms with Crippen LogP contribution in [0.15, 0.2) is 65.1 Å². The van der Waals surface area contributed by atoms with Crippen LogP contribution < -0.4 is 0 Å². The van der Waals surface area contributed by atoms with Crippen LogP contribution in [0.4, 0.5) is 0 Å². The van der Waals surface area contributed by atoms with Crippen LogP contribution in [0, 0.1) is 12.8 Å². The molecular weight excluding hydrogens is 496 g/mol. The van der Waals surface area contributed by atoms with Crippen molar-refractivity contribution in [3.05, 3.63) is 65.8 Å². The minimum Gasteiger partial charge on any atom is -0.353 e. The Hall–Kier alpha value is -1.73. The largest absolute Gasteiger partial charge is 0.353 e. The van der Waals surface area contributed by atoms with E-state index in [-0.39, 0.29) is 28.8 Å². The molecule has 3 atom stereocenters. The maximum Gasteiger partial charge on any atom is 0.297 e. The van der Waals surface area contributed by atoms with Gasteiger partial charge in [0.05, 0.1) is 16.6 Å². The summed E-state index contributed by atoms with van der Waals surface area (Å²) in [6.45, 7) is 17.1. The van der Waals surface area contributed by atoms with E-state index in [0.717, 1.165) is 63.5 Å². The SMILES string of the molecule is C=CC(C)(CC/C=C(\C)CC/C=C(\C)CCC(OS(=O)(=O)c1ccc(C)cc1)C(C)C)OC1CCCCO1. The molecule has 0 saturated carbocycles. The molecule has 0 radical (unpaired) electrons. The highest BCUT2D eigenvalue weighted by Gasteiger charge is 2.27. The maximum atomic E-state index is 12.8. The van der Waals surface area contributed by atoms with Gasteiger partial charge in [-0.15, -0.1) is 6.58 Å². The summed E-state index contributed by atoms with van der Waals surface area (Å²) in [7, 11) is -3.78. The number of allylic oxidation sites excluding steroid dienone is 4. The fourth-order valence-corrected chi connectivity index (χ4v) is 5.68. The monoisotopic (exact) mass is 546 g/mol. The summed E-state index contributed by atoms with van der Waals surface area (Å²) >= 11 is 0. The molecule has 38 heavy (non-hydrogen) atoms. The van der Waals surface area contributed by atoms with Crippen LogP contribution in [-0.4, -0.2) is 33.0 Å². The zero-order chi connectivity index (χ0) is 28.2. The first-order valence-corrected chi connectivity index (χ1v) is 15.6. The van der Waals surface area contributed by atoms with Crippen LogP contribution in [0.1, 0.15) is 98.0 Å². The maximum absolute atomic E-state index is 12.8. The number of benzene rings is 1. The molecule has 0 bridgehead atoms. The number of ether oxygens (including phenoxy) is 2. The average Bonchev–Trinajstić information content (AvgIpc) is 2.87. The Morgan fingerprint density at radius 2 is 1.76 bits per heavy atom. The molecule has 0 amide bonds. The highest BCUT2D eigenvalue weighted by atomic mass is 32.2. The van der Waals surface area contributed by atoms with Crippen LogP contribution in [0.25, 0.3) is 0 Å². The summed E-state index contributed by atoms with van der Waals surface area (Å²) in [5, 5.41) is 0. The molecule has 1 saturated heterocycles. The Labute approximate surface area is 232 Å². The fourth-order valence-electron chi connectivity index (χ4n) is 4.45. The number of rotatable bonds is 16. The predicted octanol–water partition coefficient (Wildman–Crippen LogP) is 8.45. The van der Waals surface area contributed by atoms with E-state index in [1.807, 2.05) is 26.8 Å². The van der Waals surface area contributed by atoms with Gasteiger partial charge in [-0.2, -0.15) is 8.42 Å². The first-order valence-electron chi connectivity index (χ1n) is 14.2. The van der Waals surface area contributed by atoms with Crippen molar-refractivity contribution in [1.29, 1.82) is 0 Å². The third-order valence-electron chi connectivity index (χ3n) is 7.26. The van der Waals surface area contributed by atoms with E-state index in [4.69, 9.17) is 13.7 Å². The normalized spacial score (nSPS) is 19.8. The minimum absolute atomic E-state index is 0.100. The second kappa shape index (κ2) is 15.8. The van der Waals surface area contributed by atoms with E-state index in [1.54, 1.807) is 24.3 Å². The molecule has 0 aliphatic carbocycles. The number of aryl methyl sites for hydroxylation is 1. The third-order valence-corrected chi connectivity index (χ3v) is 8.61. The van der Waals surface area contributed by atoms with Crippen molar-refractivity contribution in [2.24, 2.45) is 5.92 Å². The van der Waals surface area contributed by atoms with Crippen molar-refractivity contribution in [1.82, 2.24) is 0 Å². The molecule has 3 unspecified atom stereocenters. The third kappa shape index (κ3) is 11.6. The van der Waals surface area contributed by atoms with Gasteiger partial charge in [0, 0.05) is 6.61 Å². The van der Waals surface area contributed by atoms with Gasteiger partial charge in [-0.1, -0.05) is 60.9 Å². The van der Waals surface area contributed by atoms with Gasteiger partial charge in [-0.25, -0.2) is 0 Å². The van der Waals surface area contributed by atoms with Crippen molar-refractivity contribution in [3.8, 4) is 0 Å². The zero-order valence-electron chi connectivity index (χ0n) is 24.5. The molecule has 1 aliphatic heterocycles. The van der Waals surface area contributed by atoms with Crippen LogP contribution in [0.5, 0.6) is 0 Å². The lowest BCUT2D eigenvalue weighted by Gasteiger charge is -2.33. The topological polar surface area (TPSA) is 61.8 Å². The van der Waals surface area contributed by atoms with Crippen LogP contribution in [0.3, 0.4) is 0 Å². The van der Waals surface area contributed by atoms with Gasteiger partial charge >= 0.3 is 0 Å². The standard InChI is InChI=1S/C32H50O5S/c1-8-32(7,36-31-16-9-10-24-35-31)23-12-15-26(4)13-11-14-27(5)19-22-30(25(2)3)37-38(33,34)29-20-17-28(6)18-21-29/h8,14-15,17-18,20-21,25,30-31H,1,9-13,16,19,22-24H2,2-7H3/b26-15+,27-14+. The molecule has 2 rings (SSSR count). The van der Waals surface area contributed by atoms with E-state index in [2.05, 4.69) is 39.5 Å². The Kier molecular flexibility index (Phi) is 13.5. The first-order chi connectivity index (χ1) is 17.9. The molecule has 6 heteroatoms. The van der Waals surface area contributed by atoms with Gasteiger partial charge in [0.1, 0.15) is 0 Å². The van der Waals surface area contributed by atoms with Crippen molar-refractivity contribution < 1.29 is 22.1 Å². The van der Waals surface area contributed by atoms with E-state index in [0.29, 0.717) is 6.42 Å². The summed E-state index contributed by atoms with van der Waals surface area (Å²) in [6, 6.07) is 6.81. The van der Waals surface area contributed by atoms with Crippen molar-refractivity contribution in [2.75, 3.05) is 6.61 Å². The van der Waals surface area contributed by atoms with E-state index in [9.17, 15) is 8.42 Å². The average molecular weight is 547 g/mol. The number of hydrogen-bond donors (Lipinski definition) is 0. The Balaban J connectivity index is 1.79. The highest BCUT2D eigenvalue weighted by Crippen LogP contribution is 2.27. The Morgan fingerprint density at radius 3 is 2.37 bits per heavy atom. The predicted molar refractivity (Wildman–Crippen MR) is 157 cm³/mol. The van der Waals surface area contributed by atoms with Gasteiger partial charge in [0.25, 0.3) is 10.1 Å². The lowest BCUT2D eigenvalue weighted by Crippen LogP contribution is -2.34. The molecule has 5 nitrogen and oxygen atoms in total. The molecular formula is C32H50O5S. The molecule has 1 aromatic rings. The van der Waals surface area contributed by atoms with E-state index < -0.39 is 10.1 Å². The Morgan fingerprint density at radius 1 is 1.11 bits per heavy atom. The molecule has 0 N–H and O–H groups in total. The summed E-state index contributed by atoms with van der Waals surface area (Å²) in [5.74, 6) is 0.100. The van der Waals surface area contributed by atoms with Gasteiger partial charge in [-0.3, -0.25) is 4.18 Å². The smallest absolute Gasteiger partial charge is 0.297 e. The van der Waals surface area contributed by atoms with Gasteiger partial charge in [-0.05, 0) is 104 Å². The van der Waals surface area contributed by atoms with Crippen LogP contribution in [-0.2, 0) is 23.8 Å². The second-order valence-corrected chi connectivity index (χ2v) is 12.9. The molecule has 1 aliphatic rings. The van der Waals surface area contributed by atoms with Crippen LogP contribution in [0.2, 0.25) is 0 Å². The summed E-state index contributed by atoms with van der Waals surface area (Å²) in [6.07, 6.45) is 14.5. The molecule has 0 aromatic heterocycles. The van der Waals surface area contributed by atoms with Crippen molar-refractivity contribution in [2.45, 2.75) is 122 Å². The lowest BCUT2D eigenvalue weighted by molar-refractivity contribution is -0.207. The summed E-state index contributed by atoms with van der Waals surface area (Å²) in [5.41, 5.74) is 3.27. The van der Waals surface area contributed by atoms with Gasteiger partial charge < -0.3 is 9.47 Å². The molecule has 1 aromatic carbocycles. The molecule has 0 spiro atoms. The zero-order valence-corrected chi connectivity index (χ0v) is 25.3. The van der Waals surface area contributed by atoms with E-state index >= 15 is 0 Å². The van der Waals surface area contributed by atoms with Crippen molar-refractivity contribution >= 4 is 10.1 Å². The lowest BCUT2D eigenvalue weighted by atomic mass is 9.97. The Bertz CT molecular complexity index is 1020.